The Balaban J connectivity index is 2.87. The molecule has 1 amide bonds. The standard InChI is InChI=1S/C15H19ClN2O5/c1-9(2)15(3,8-14(20)21)17-13(19)6-10-4-5-11(18(22)23)7-12(10)16/h4-5,7,9H,6,8H2,1-3H3,(H,17,19)(H,20,21). The van der Waals surface area contributed by atoms with Crippen molar-refractivity contribution < 1.29 is 19.6 Å². The van der Waals surface area contributed by atoms with E-state index in [1.54, 1.807) is 6.92 Å². The smallest absolute Gasteiger partial charge is 0.305 e. The van der Waals surface area contributed by atoms with E-state index >= 15 is 0 Å². The molecule has 8 heteroatoms. The summed E-state index contributed by atoms with van der Waals surface area (Å²) >= 11 is 5.96. The molecule has 7 nitrogen and oxygen atoms in total. The van der Waals surface area contributed by atoms with Gasteiger partial charge in [0.1, 0.15) is 0 Å². The molecule has 0 bridgehead atoms. The number of amides is 1. The van der Waals surface area contributed by atoms with Crippen LogP contribution >= 0.6 is 11.6 Å². The summed E-state index contributed by atoms with van der Waals surface area (Å²) < 4.78 is 0. The van der Waals surface area contributed by atoms with Crippen LogP contribution in [-0.2, 0) is 16.0 Å². The first-order valence-corrected chi connectivity index (χ1v) is 7.38. The zero-order valence-electron chi connectivity index (χ0n) is 13.1. The number of non-ortho nitro benzene ring substituents is 1. The number of nitro benzene ring substituents is 1. The van der Waals surface area contributed by atoms with Gasteiger partial charge in [0.25, 0.3) is 5.69 Å². The maximum absolute atomic E-state index is 12.2. The molecule has 1 rings (SSSR count). The molecule has 0 radical (unpaired) electrons. The van der Waals surface area contributed by atoms with Gasteiger partial charge in [0.2, 0.25) is 5.91 Å². The molecule has 1 aromatic carbocycles. The van der Waals surface area contributed by atoms with Crippen molar-refractivity contribution in [3.05, 3.63) is 38.9 Å². The summed E-state index contributed by atoms with van der Waals surface area (Å²) in [5.74, 6) is -1.48. The largest absolute Gasteiger partial charge is 0.481 e. The third-order valence-electron chi connectivity index (χ3n) is 3.82. The van der Waals surface area contributed by atoms with Crippen LogP contribution in [0.3, 0.4) is 0 Å². The summed E-state index contributed by atoms with van der Waals surface area (Å²) in [5.41, 5.74) is -0.607. The molecule has 1 unspecified atom stereocenters. The van der Waals surface area contributed by atoms with Crippen LogP contribution in [0, 0.1) is 16.0 Å². The number of nitrogens with one attached hydrogen (secondary N) is 1. The number of hydrogen-bond acceptors (Lipinski definition) is 4. The van der Waals surface area contributed by atoms with E-state index in [0.717, 1.165) is 0 Å². The highest BCUT2D eigenvalue weighted by Crippen LogP contribution is 2.24. The lowest BCUT2D eigenvalue weighted by atomic mass is 9.85. The van der Waals surface area contributed by atoms with Crippen molar-refractivity contribution in [2.75, 3.05) is 0 Å². The number of nitrogens with zero attached hydrogens (tertiary/aromatic N) is 1. The molecule has 0 saturated carbocycles. The van der Waals surface area contributed by atoms with Gasteiger partial charge >= 0.3 is 5.97 Å². The molecule has 2 N–H and O–H groups in total. The fraction of sp³-hybridized carbons (Fsp3) is 0.467. The Morgan fingerprint density at radius 3 is 2.48 bits per heavy atom. The van der Waals surface area contributed by atoms with Crippen LogP contribution in [0.15, 0.2) is 18.2 Å². The Morgan fingerprint density at radius 2 is 2.04 bits per heavy atom. The number of aliphatic carboxylic acids is 1. The fourth-order valence-electron chi connectivity index (χ4n) is 2.04. The van der Waals surface area contributed by atoms with Crippen LogP contribution in [-0.4, -0.2) is 27.4 Å². The van der Waals surface area contributed by atoms with E-state index in [1.165, 1.54) is 18.2 Å². The lowest BCUT2D eigenvalue weighted by Crippen LogP contribution is -2.51. The van der Waals surface area contributed by atoms with Crippen molar-refractivity contribution >= 4 is 29.2 Å². The zero-order valence-corrected chi connectivity index (χ0v) is 13.9. The minimum Gasteiger partial charge on any atom is -0.481 e. The van der Waals surface area contributed by atoms with Crippen LogP contribution in [0.4, 0.5) is 5.69 Å². The van der Waals surface area contributed by atoms with Crippen LogP contribution < -0.4 is 5.32 Å². The fourth-order valence-corrected chi connectivity index (χ4v) is 2.28. The molecule has 126 valence electrons. The van der Waals surface area contributed by atoms with E-state index in [0.29, 0.717) is 5.56 Å². The molecule has 0 aliphatic heterocycles. The molecule has 0 aromatic heterocycles. The lowest BCUT2D eigenvalue weighted by molar-refractivity contribution is -0.384. The van der Waals surface area contributed by atoms with Crippen molar-refractivity contribution in [3.63, 3.8) is 0 Å². The highest BCUT2D eigenvalue weighted by Gasteiger charge is 2.32. The van der Waals surface area contributed by atoms with Gasteiger partial charge < -0.3 is 10.4 Å². The van der Waals surface area contributed by atoms with Crippen LogP contribution in [0.25, 0.3) is 0 Å². The number of carbonyl (C=O) groups is 2. The maximum atomic E-state index is 12.2. The molecule has 0 heterocycles. The molecule has 23 heavy (non-hydrogen) atoms. The minimum atomic E-state index is -1.00. The summed E-state index contributed by atoms with van der Waals surface area (Å²) in [5, 5.41) is 22.5. The predicted molar refractivity (Wildman–Crippen MR) is 85.4 cm³/mol. The average molecular weight is 343 g/mol. The Bertz CT molecular complexity index is 632. The van der Waals surface area contributed by atoms with E-state index in [1.807, 2.05) is 13.8 Å². The molecule has 0 fully saturated rings. The topological polar surface area (TPSA) is 110 Å². The second kappa shape index (κ2) is 7.41. The Kier molecular flexibility index (Phi) is 6.09. The van der Waals surface area contributed by atoms with Gasteiger partial charge in [-0.1, -0.05) is 31.5 Å². The van der Waals surface area contributed by atoms with Crippen molar-refractivity contribution in [2.45, 2.75) is 39.2 Å². The van der Waals surface area contributed by atoms with Crippen LogP contribution in [0.5, 0.6) is 0 Å². The first-order valence-electron chi connectivity index (χ1n) is 7.01. The van der Waals surface area contributed by atoms with Crippen molar-refractivity contribution in [2.24, 2.45) is 5.92 Å². The quantitative estimate of drug-likeness (QED) is 0.585. The Labute approximate surface area is 138 Å². The van der Waals surface area contributed by atoms with E-state index in [2.05, 4.69) is 5.32 Å². The van der Waals surface area contributed by atoms with Crippen LogP contribution in [0.2, 0.25) is 5.02 Å². The van der Waals surface area contributed by atoms with Gasteiger partial charge in [-0.15, -0.1) is 0 Å². The number of benzene rings is 1. The molecule has 1 atom stereocenters. The minimum absolute atomic E-state index is 0.0846. The van der Waals surface area contributed by atoms with E-state index < -0.39 is 22.3 Å². The molecular formula is C15H19ClN2O5. The van der Waals surface area contributed by atoms with E-state index in [9.17, 15) is 19.7 Å². The number of nitro groups is 1. The highest BCUT2D eigenvalue weighted by atomic mass is 35.5. The second-order valence-corrected chi connectivity index (χ2v) is 6.31. The second-order valence-electron chi connectivity index (χ2n) is 5.90. The maximum Gasteiger partial charge on any atom is 0.305 e. The number of hydrogen-bond donors (Lipinski definition) is 2. The monoisotopic (exact) mass is 342 g/mol. The van der Waals surface area contributed by atoms with Crippen molar-refractivity contribution in [3.8, 4) is 0 Å². The zero-order chi connectivity index (χ0) is 17.8. The summed E-state index contributed by atoms with van der Waals surface area (Å²) in [6.07, 6.45) is -0.289. The van der Waals surface area contributed by atoms with Gasteiger partial charge in [0.15, 0.2) is 0 Å². The molecule has 0 saturated heterocycles. The highest BCUT2D eigenvalue weighted by molar-refractivity contribution is 6.31. The summed E-state index contributed by atoms with van der Waals surface area (Å²) in [6.45, 7) is 5.31. The first kappa shape index (κ1) is 18.9. The SMILES string of the molecule is CC(C)C(C)(CC(=O)O)NC(=O)Cc1ccc([N+](=O)[O-])cc1Cl. The van der Waals surface area contributed by atoms with Gasteiger partial charge in [-0.25, -0.2) is 0 Å². The Morgan fingerprint density at radius 1 is 1.43 bits per heavy atom. The lowest BCUT2D eigenvalue weighted by Gasteiger charge is -2.33. The number of carboxylic acid groups (broad SMARTS) is 1. The van der Waals surface area contributed by atoms with Crippen molar-refractivity contribution in [1.82, 2.24) is 5.32 Å². The van der Waals surface area contributed by atoms with E-state index in [4.69, 9.17) is 16.7 Å². The summed E-state index contributed by atoms with van der Waals surface area (Å²) in [4.78, 5) is 33.3. The van der Waals surface area contributed by atoms with Crippen molar-refractivity contribution in [1.29, 1.82) is 0 Å². The average Bonchev–Trinajstić information content (AvgIpc) is 2.39. The predicted octanol–water partition coefficient (Wildman–Crippen LogP) is 2.80. The van der Waals surface area contributed by atoms with E-state index in [-0.39, 0.29) is 29.5 Å². The molecule has 0 aliphatic carbocycles. The summed E-state index contributed by atoms with van der Waals surface area (Å²) in [7, 11) is 0. The molecule has 0 spiro atoms. The van der Waals surface area contributed by atoms with Gasteiger partial charge in [-0.05, 0) is 18.4 Å². The van der Waals surface area contributed by atoms with Gasteiger partial charge in [0, 0.05) is 17.7 Å². The van der Waals surface area contributed by atoms with Gasteiger partial charge in [-0.3, -0.25) is 19.7 Å². The van der Waals surface area contributed by atoms with Crippen LogP contribution in [0.1, 0.15) is 32.8 Å². The van der Waals surface area contributed by atoms with Gasteiger partial charge in [0.05, 0.1) is 22.8 Å². The first-order chi connectivity index (χ1) is 10.5. The summed E-state index contributed by atoms with van der Waals surface area (Å²) in [6, 6.07) is 3.88. The Hall–Kier alpha value is -2.15. The number of carbonyl (C=O) groups excluding carboxylic acids is 1. The number of rotatable bonds is 7. The number of carboxylic acids is 1. The molecule has 1 aromatic rings. The normalized spacial score (nSPS) is 13.4. The third kappa shape index (κ3) is 5.21. The van der Waals surface area contributed by atoms with Gasteiger partial charge in [-0.2, -0.15) is 0 Å². The molecule has 0 aliphatic rings. The molecular weight excluding hydrogens is 324 g/mol. The number of halogens is 1. The third-order valence-corrected chi connectivity index (χ3v) is 4.17.